The number of nitrogens with zero attached hydrogens (tertiary/aromatic N) is 1. The van der Waals surface area contributed by atoms with E-state index in [2.05, 4.69) is 41.9 Å². The number of methoxy groups -OCH3 is 1. The molecule has 0 unspecified atom stereocenters. The van der Waals surface area contributed by atoms with Crippen LogP contribution in [0.25, 0.3) is 10.9 Å². The monoisotopic (exact) mass is 324 g/mol. The van der Waals surface area contributed by atoms with E-state index in [-0.39, 0.29) is 0 Å². The Morgan fingerprint density at radius 2 is 1.79 bits per heavy atom. The molecule has 0 aliphatic heterocycles. The summed E-state index contributed by atoms with van der Waals surface area (Å²) >= 11 is 0. The van der Waals surface area contributed by atoms with Crippen LogP contribution in [0.3, 0.4) is 0 Å². The molecule has 0 radical (unpaired) electrons. The quantitative estimate of drug-likeness (QED) is 0.726. The second-order valence-corrected chi connectivity index (χ2v) is 6.07. The van der Waals surface area contributed by atoms with Gasteiger partial charge in [0.1, 0.15) is 5.75 Å². The summed E-state index contributed by atoms with van der Waals surface area (Å²) in [4.78, 5) is 0. The first kappa shape index (κ1) is 16.4. The Balaban J connectivity index is 1.74. The summed E-state index contributed by atoms with van der Waals surface area (Å²) in [5.74, 6) is 0.781. The molecule has 2 aromatic carbocycles. The molecule has 4 heteroatoms. The van der Waals surface area contributed by atoms with Crippen molar-refractivity contribution in [1.29, 1.82) is 0 Å². The maximum atomic E-state index is 10.5. The molecule has 1 aromatic heterocycles. The van der Waals surface area contributed by atoms with Crippen molar-refractivity contribution in [2.24, 2.45) is 0 Å². The first-order chi connectivity index (χ1) is 11.6. The number of aliphatic hydroxyl groups is 1. The molecule has 0 amide bonds. The number of hydrogen-bond acceptors (Lipinski definition) is 3. The van der Waals surface area contributed by atoms with Crippen molar-refractivity contribution in [2.75, 3.05) is 19.0 Å². The normalized spacial score (nSPS) is 12.3. The van der Waals surface area contributed by atoms with Crippen LogP contribution in [0.5, 0.6) is 5.75 Å². The lowest BCUT2D eigenvalue weighted by Crippen LogP contribution is -2.25. The van der Waals surface area contributed by atoms with Crippen LogP contribution in [-0.2, 0) is 6.54 Å². The number of aliphatic hydroxyl groups excluding tert-OH is 1. The number of hydrogen-bond donors (Lipinski definition) is 2. The van der Waals surface area contributed by atoms with Gasteiger partial charge in [-0.3, -0.25) is 0 Å². The SMILES string of the molecule is COc1ccccc1NC[C@@H](O)Cn1c(C)c(C)c2ccccc21. The number of anilines is 1. The van der Waals surface area contributed by atoms with Crippen LogP contribution < -0.4 is 10.1 Å². The first-order valence-electron chi connectivity index (χ1n) is 8.21. The average molecular weight is 324 g/mol. The van der Waals surface area contributed by atoms with E-state index in [1.807, 2.05) is 30.3 Å². The van der Waals surface area contributed by atoms with Gasteiger partial charge in [-0.2, -0.15) is 0 Å². The third kappa shape index (κ3) is 3.10. The number of benzene rings is 2. The van der Waals surface area contributed by atoms with Gasteiger partial charge in [-0.1, -0.05) is 30.3 Å². The molecule has 2 N–H and O–H groups in total. The second kappa shape index (κ2) is 6.97. The lowest BCUT2D eigenvalue weighted by molar-refractivity contribution is 0.167. The average Bonchev–Trinajstić information content (AvgIpc) is 2.85. The van der Waals surface area contributed by atoms with E-state index in [4.69, 9.17) is 4.74 Å². The van der Waals surface area contributed by atoms with Gasteiger partial charge in [0.15, 0.2) is 0 Å². The fraction of sp³-hybridized carbons (Fsp3) is 0.300. The van der Waals surface area contributed by atoms with Gasteiger partial charge >= 0.3 is 0 Å². The van der Waals surface area contributed by atoms with Crippen molar-refractivity contribution in [3.8, 4) is 5.75 Å². The smallest absolute Gasteiger partial charge is 0.141 e. The maximum Gasteiger partial charge on any atom is 0.141 e. The van der Waals surface area contributed by atoms with Gasteiger partial charge in [-0.25, -0.2) is 0 Å². The van der Waals surface area contributed by atoms with E-state index in [1.165, 1.54) is 22.2 Å². The van der Waals surface area contributed by atoms with Crippen molar-refractivity contribution in [3.63, 3.8) is 0 Å². The Labute approximate surface area is 142 Å². The van der Waals surface area contributed by atoms with Gasteiger partial charge < -0.3 is 19.7 Å². The largest absolute Gasteiger partial charge is 0.495 e. The summed E-state index contributed by atoms with van der Waals surface area (Å²) in [7, 11) is 1.65. The molecule has 0 spiro atoms. The number of nitrogens with one attached hydrogen (secondary N) is 1. The molecule has 24 heavy (non-hydrogen) atoms. The van der Waals surface area contributed by atoms with Crippen LogP contribution >= 0.6 is 0 Å². The van der Waals surface area contributed by atoms with Gasteiger partial charge in [-0.15, -0.1) is 0 Å². The number of fused-ring (bicyclic) bond motifs is 1. The Morgan fingerprint density at radius 1 is 1.08 bits per heavy atom. The highest BCUT2D eigenvalue weighted by molar-refractivity contribution is 5.85. The summed E-state index contributed by atoms with van der Waals surface area (Å²) in [6, 6.07) is 16.1. The van der Waals surface area contributed by atoms with Crippen LogP contribution in [0, 0.1) is 13.8 Å². The third-order valence-electron chi connectivity index (χ3n) is 4.57. The number of ether oxygens (including phenoxy) is 1. The van der Waals surface area contributed by atoms with Gasteiger partial charge in [0.05, 0.1) is 25.4 Å². The number of para-hydroxylation sites is 3. The first-order valence-corrected chi connectivity index (χ1v) is 8.21. The van der Waals surface area contributed by atoms with E-state index >= 15 is 0 Å². The third-order valence-corrected chi connectivity index (χ3v) is 4.57. The van der Waals surface area contributed by atoms with Crippen molar-refractivity contribution >= 4 is 16.6 Å². The summed E-state index contributed by atoms with van der Waals surface area (Å²) in [5, 5.41) is 15.0. The predicted octanol–water partition coefficient (Wildman–Crippen LogP) is 3.74. The van der Waals surface area contributed by atoms with E-state index < -0.39 is 6.10 Å². The summed E-state index contributed by atoms with van der Waals surface area (Å²) in [5.41, 5.74) is 4.54. The Kier molecular flexibility index (Phi) is 4.76. The molecule has 0 bridgehead atoms. The second-order valence-electron chi connectivity index (χ2n) is 6.07. The molecule has 3 rings (SSSR count). The zero-order chi connectivity index (χ0) is 17.1. The molecule has 0 saturated heterocycles. The Hall–Kier alpha value is -2.46. The standard InChI is InChI=1S/C20H24N2O2/c1-14-15(2)22(19-10-6-4-8-17(14)19)13-16(23)12-21-18-9-5-7-11-20(18)24-3/h4-11,16,21,23H,12-13H2,1-3H3/t16-/m1/s1. The molecule has 126 valence electrons. The van der Waals surface area contributed by atoms with Crippen LogP contribution in [0.4, 0.5) is 5.69 Å². The van der Waals surface area contributed by atoms with E-state index in [0.29, 0.717) is 13.1 Å². The van der Waals surface area contributed by atoms with Gasteiger partial charge in [-0.05, 0) is 37.6 Å². The molecule has 0 saturated carbocycles. The molecule has 1 heterocycles. The zero-order valence-electron chi connectivity index (χ0n) is 14.4. The topological polar surface area (TPSA) is 46.4 Å². The van der Waals surface area contributed by atoms with E-state index in [1.54, 1.807) is 7.11 Å². The van der Waals surface area contributed by atoms with Crippen LogP contribution in [0.2, 0.25) is 0 Å². The minimum absolute atomic E-state index is 0.464. The molecule has 0 aliphatic rings. The fourth-order valence-corrected chi connectivity index (χ4v) is 3.13. The summed E-state index contributed by atoms with van der Waals surface area (Å²) in [6.45, 7) is 5.26. The van der Waals surface area contributed by atoms with Gasteiger partial charge in [0.2, 0.25) is 0 Å². The van der Waals surface area contributed by atoms with Crippen LogP contribution in [0.1, 0.15) is 11.3 Å². The van der Waals surface area contributed by atoms with E-state index in [9.17, 15) is 5.11 Å². The van der Waals surface area contributed by atoms with Crippen LogP contribution in [-0.4, -0.2) is 29.4 Å². The minimum Gasteiger partial charge on any atom is -0.495 e. The lowest BCUT2D eigenvalue weighted by Gasteiger charge is -2.17. The van der Waals surface area contributed by atoms with Crippen LogP contribution in [0.15, 0.2) is 48.5 Å². The predicted molar refractivity (Wildman–Crippen MR) is 98.9 cm³/mol. The summed E-state index contributed by atoms with van der Waals surface area (Å²) in [6.07, 6.45) is -0.496. The highest BCUT2D eigenvalue weighted by Crippen LogP contribution is 2.26. The van der Waals surface area contributed by atoms with Gasteiger partial charge in [0.25, 0.3) is 0 Å². The number of rotatable bonds is 6. The van der Waals surface area contributed by atoms with E-state index in [0.717, 1.165) is 11.4 Å². The highest BCUT2D eigenvalue weighted by atomic mass is 16.5. The summed E-state index contributed by atoms with van der Waals surface area (Å²) < 4.78 is 7.52. The Bertz CT molecular complexity index is 839. The lowest BCUT2D eigenvalue weighted by atomic mass is 10.2. The molecular formula is C20H24N2O2. The molecule has 3 aromatic rings. The van der Waals surface area contributed by atoms with Crippen molar-refractivity contribution in [1.82, 2.24) is 4.57 Å². The molecule has 0 fully saturated rings. The molecule has 1 atom stereocenters. The Morgan fingerprint density at radius 3 is 2.58 bits per heavy atom. The minimum atomic E-state index is -0.496. The van der Waals surface area contributed by atoms with Gasteiger partial charge in [0, 0.05) is 23.1 Å². The van der Waals surface area contributed by atoms with Crippen molar-refractivity contribution in [3.05, 3.63) is 59.8 Å². The maximum absolute atomic E-state index is 10.5. The zero-order valence-corrected chi connectivity index (χ0v) is 14.4. The molecule has 4 nitrogen and oxygen atoms in total. The number of aryl methyl sites for hydroxylation is 1. The highest BCUT2D eigenvalue weighted by Gasteiger charge is 2.14. The van der Waals surface area contributed by atoms with Crippen molar-refractivity contribution < 1.29 is 9.84 Å². The molecule has 0 aliphatic carbocycles. The van der Waals surface area contributed by atoms with Crippen molar-refractivity contribution in [2.45, 2.75) is 26.5 Å². The number of aromatic nitrogens is 1. The fourth-order valence-electron chi connectivity index (χ4n) is 3.13. The molecular weight excluding hydrogens is 300 g/mol.